The second kappa shape index (κ2) is 4.80. The van der Waals surface area contributed by atoms with Crippen molar-refractivity contribution in [3.63, 3.8) is 0 Å². The Morgan fingerprint density at radius 3 is 2.25 bits per heavy atom. The lowest BCUT2D eigenvalue weighted by atomic mass is 9.89. The van der Waals surface area contributed by atoms with Crippen molar-refractivity contribution in [1.82, 2.24) is 5.32 Å². The van der Waals surface area contributed by atoms with Gasteiger partial charge >= 0.3 is 6.03 Å². The fourth-order valence-electron chi connectivity index (χ4n) is 1.86. The summed E-state index contributed by atoms with van der Waals surface area (Å²) in [6.45, 7) is 5.95. The van der Waals surface area contributed by atoms with Crippen molar-refractivity contribution in [2.45, 2.75) is 64.1 Å². The standard InChI is InChI=1S/C11H22N4O/c1-10(2,3)14-15-11(13-9(12)16)7-5-4-6-8-11/h4-8H2,1-3H3,(H3,12,13,16)/b15-14+. The van der Waals surface area contributed by atoms with E-state index in [2.05, 4.69) is 15.5 Å². The van der Waals surface area contributed by atoms with Crippen LogP contribution in [-0.4, -0.2) is 17.2 Å². The highest BCUT2D eigenvalue weighted by Crippen LogP contribution is 2.30. The molecule has 0 aliphatic heterocycles. The summed E-state index contributed by atoms with van der Waals surface area (Å²) < 4.78 is 0. The molecule has 2 amide bonds. The summed E-state index contributed by atoms with van der Waals surface area (Å²) in [5, 5.41) is 11.3. The molecule has 0 heterocycles. The van der Waals surface area contributed by atoms with Gasteiger partial charge in [-0.2, -0.15) is 10.2 Å². The molecular weight excluding hydrogens is 204 g/mol. The topological polar surface area (TPSA) is 79.8 Å². The molecule has 3 N–H and O–H groups in total. The Bertz CT molecular complexity index is 274. The summed E-state index contributed by atoms with van der Waals surface area (Å²) in [5.74, 6) is 0. The van der Waals surface area contributed by atoms with E-state index >= 15 is 0 Å². The Labute approximate surface area is 96.9 Å². The van der Waals surface area contributed by atoms with Crippen molar-refractivity contribution in [2.75, 3.05) is 0 Å². The van der Waals surface area contributed by atoms with Gasteiger partial charge in [-0.1, -0.05) is 6.42 Å². The summed E-state index contributed by atoms with van der Waals surface area (Å²) in [6.07, 6.45) is 4.96. The number of urea groups is 1. The van der Waals surface area contributed by atoms with Crippen LogP contribution in [0.3, 0.4) is 0 Å². The normalized spacial score (nSPS) is 20.9. The molecule has 1 fully saturated rings. The third kappa shape index (κ3) is 4.16. The first-order chi connectivity index (χ1) is 7.33. The van der Waals surface area contributed by atoms with Crippen molar-refractivity contribution in [1.29, 1.82) is 0 Å². The number of nitrogens with two attached hydrogens (primary N) is 1. The minimum absolute atomic E-state index is 0.218. The highest BCUT2D eigenvalue weighted by Gasteiger charge is 2.33. The van der Waals surface area contributed by atoms with Gasteiger partial charge in [0.05, 0.1) is 5.54 Å². The van der Waals surface area contributed by atoms with Crippen LogP contribution in [0, 0.1) is 0 Å². The first-order valence-corrected chi connectivity index (χ1v) is 5.85. The molecule has 0 aromatic rings. The lowest BCUT2D eigenvalue weighted by molar-refractivity contribution is 0.205. The van der Waals surface area contributed by atoms with E-state index in [0.29, 0.717) is 0 Å². The Hall–Kier alpha value is -1.13. The molecule has 5 heteroatoms. The average molecular weight is 226 g/mol. The van der Waals surface area contributed by atoms with Crippen molar-refractivity contribution in [2.24, 2.45) is 16.0 Å². The lowest BCUT2D eigenvalue weighted by Crippen LogP contribution is -2.50. The van der Waals surface area contributed by atoms with Gasteiger partial charge in [0.15, 0.2) is 5.66 Å². The molecule has 1 saturated carbocycles. The molecule has 0 saturated heterocycles. The van der Waals surface area contributed by atoms with E-state index in [1.54, 1.807) is 0 Å². The highest BCUT2D eigenvalue weighted by atomic mass is 16.2. The number of carbonyl (C=O) groups is 1. The van der Waals surface area contributed by atoms with Crippen molar-refractivity contribution in [3.05, 3.63) is 0 Å². The fraction of sp³-hybridized carbons (Fsp3) is 0.909. The summed E-state index contributed by atoms with van der Waals surface area (Å²) in [6, 6.07) is -0.519. The third-order valence-corrected chi connectivity index (χ3v) is 2.58. The monoisotopic (exact) mass is 226 g/mol. The highest BCUT2D eigenvalue weighted by molar-refractivity contribution is 5.72. The summed E-state index contributed by atoms with van der Waals surface area (Å²) >= 11 is 0. The Morgan fingerprint density at radius 2 is 1.81 bits per heavy atom. The third-order valence-electron chi connectivity index (χ3n) is 2.58. The van der Waals surface area contributed by atoms with Gasteiger partial charge in [-0.05, 0) is 46.5 Å². The Balaban J connectivity index is 2.77. The van der Waals surface area contributed by atoms with E-state index < -0.39 is 11.7 Å². The zero-order valence-corrected chi connectivity index (χ0v) is 10.4. The van der Waals surface area contributed by atoms with E-state index in [-0.39, 0.29) is 5.54 Å². The molecule has 92 valence electrons. The van der Waals surface area contributed by atoms with Gasteiger partial charge in [-0.25, -0.2) is 4.79 Å². The maximum Gasteiger partial charge on any atom is 0.314 e. The maximum absolute atomic E-state index is 11.0. The lowest BCUT2D eigenvalue weighted by Gasteiger charge is -2.33. The molecule has 0 aromatic carbocycles. The van der Waals surface area contributed by atoms with Crippen LogP contribution in [-0.2, 0) is 0 Å². The van der Waals surface area contributed by atoms with E-state index in [1.165, 1.54) is 6.42 Å². The zero-order chi connectivity index (χ0) is 12.2. The second-order valence-electron chi connectivity index (χ2n) is 5.45. The summed E-state index contributed by atoms with van der Waals surface area (Å²) in [4.78, 5) is 11.0. The fourth-order valence-corrected chi connectivity index (χ4v) is 1.86. The molecule has 0 unspecified atom stereocenters. The van der Waals surface area contributed by atoms with Crippen LogP contribution in [0.4, 0.5) is 4.79 Å². The van der Waals surface area contributed by atoms with Gasteiger partial charge in [-0.3, -0.25) is 0 Å². The molecule has 0 radical (unpaired) electrons. The number of amides is 2. The number of hydrogen-bond acceptors (Lipinski definition) is 3. The predicted octanol–water partition coefficient (Wildman–Crippen LogP) is 2.57. The average Bonchev–Trinajstić information content (AvgIpc) is 2.14. The molecular formula is C11H22N4O. The van der Waals surface area contributed by atoms with Crippen molar-refractivity contribution >= 4 is 6.03 Å². The molecule has 0 spiro atoms. The first-order valence-electron chi connectivity index (χ1n) is 5.85. The second-order valence-corrected chi connectivity index (χ2v) is 5.45. The van der Waals surface area contributed by atoms with Crippen molar-refractivity contribution in [3.8, 4) is 0 Å². The van der Waals surface area contributed by atoms with E-state index in [4.69, 9.17) is 5.73 Å². The first kappa shape index (κ1) is 12.9. The van der Waals surface area contributed by atoms with Crippen LogP contribution in [0.1, 0.15) is 52.9 Å². The van der Waals surface area contributed by atoms with Crippen LogP contribution >= 0.6 is 0 Å². The number of nitrogens with one attached hydrogen (secondary N) is 1. The van der Waals surface area contributed by atoms with Gasteiger partial charge in [0.1, 0.15) is 0 Å². The smallest absolute Gasteiger partial charge is 0.314 e. The van der Waals surface area contributed by atoms with Gasteiger partial charge in [-0.15, -0.1) is 0 Å². The number of azo groups is 1. The van der Waals surface area contributed by atoms with Crippen LogP contribution in [0.5, 0.6) is 0 Å². The SMILES string of the molecule is CC(C)(C)/N=N/C1(NC(N)=O)CCCCC1. The molecule has 1 aliphatic carbocycles. The van der Waals surface area contributed by atoms with Crippen LogP contribution in [0.15, 0.2) is 10.2 Å². The number of primary amides is 1. The number of rotatable bonds is 2. The molecule has 1 rings (SSSR count). The van der Waals surface area contributed by atoms with E-state index in [9.17, 15) is 4.79 Å². The molecule has 0 atom stereocenters. The number of hydrogen-bond donors (Lipinski definition) is 2. The predicted molar refractivity (Wildman–Crippen MR) is 63.1 cm³/mol. The van der Waals surface area contributed by atoms with Crippen LogP contribution < -0.4 is 11.1 Å². The van der Waals surface area contributed by atoms with Crippen LogP contribution in [0.25, 0.3) is 0 Å². The Kier molecular flexibility index (Phi) is 3.88. The van der Waals surface area contributed by atoms with E-state index in [0.717, 1.165) is 25.7 Å². The quantitative estimate of drug-likeness (QED) is 0.697. The van der Waals surface area contributed by atoms with E-state index in [1.807, 2.05) is 20.8 Å². The van der Waals surface area contributed by atoms with Gasteiger partial charge in [0.2, 0.25) is 0 Å². The number of nitrogens with zero attached hydrogens (tertiary/aromatic N) is 2. The molecule has 0 aromatic heterocycles. The summed E-state index contributed by atoms with van der Waals surface area (Å²) in [7, 11) is 0. The number of carbonyl (C=O) groups excluding carboxylic acids is 1. The van der Waals surface area contributed by atoms with Gasteiger partial charge in [0, 0.05) is 0 Å². The largest absolute Gasteiger partial charge is 0.352 e. The minimum Gasteiger partial charge on any atom is -0.352 e. The van der Waals surface area contributed by atoms with Crippen LogP contribution in [0.2, 0.25) is 0 Å². The zero-order valence-electron chi connectivity index (χ0n) is 10.4. The molecule has 5 nitrogen and oxygen atoms in total. The summed E-state index contributed by atoms with van der Waals surface area (Å²) in [5.41, 5.74) is 4.42. The molecule has 1 aliphatic rings. The maximum atomic E-state index is 11.0. The molecule has 0 bridgehead atoms. The molecule has 16 heavy (non-hydrogen) atoms. The van der Waals surface area contributed by atoms with Gasteiger partial charge in [0.25, 0.3) is 0 Å². The van der Waals surface area contributed by atoms with Gasteiger partial charge < -0.3 is 11.1 Å². The Morgan fingerprint density at radius 1 is 1.25 bits per heavy atom. The van der Waals surface area contributed by atoms with Crippen molar-refractivity contribution < 1.29 is 4.79 Å². The minimum atomic E-state index is -0.558.